The molecule has 1 heterocycles. The van der Waals surface area contributed by atoms with E-state index in [1.165, 1.54) is 11.1 Å². The van der Waals surface area contributed by atoms with E-state index in [1.807, 2.05) is 0 Å². The normalized spacial score (nSPS) is 18.9. The molecular formula is C16H25N3. The molecule has 0 aromatic heterocycles. The Hall–Kier alpha value is -1.51. The van der Waals surface area contributed by atoms with Crippen LogP contribution in [-0.2, 0) is 12.0 Å². The molecule has 3 heteroatoms. The summed E-state index contributed by atoms with van der Waals surface area (Å²) in [5.74, 6) is 0.922. The van der Waals surface area contributed by atoms with Gasteiger partial charge in [-0.2, -0.15) is 0 Å². The quantitative estimate of drug-likeness (QED) is 0.872. The van der Waals surface area contributed by atoms with Gasteiger partial charge in [-0.15, -0.1) is 0 Å². The van der Waals surface area contributed by atoms with Gasteiger partial charge in [-0.25, -0.2) is 0 Å². The molecule has 19 heavy (non-hydrogen) atoms. The lowest BCUT2D eigenvalue weighted by molar-refractivity contribution is 0.506. The van der Waals surface area contributed by atoms with Crippen molar-refractivity contribution in [1.82, 2.24) is 10.6 Å². The maximum Gasteiger partial charge on any atom is 0.191 e. The van der Waals surface area contributed by atoms with Crippen molar-refractivity contribution in [2.75, 3.05) is 6.54 Å². The van der Waals surface area contributed by atoms with Gasteiger partial charge in [0, 0.05) is 12.6 Å². The van der Waals surface area contributed by atoms with E-state index in [1.54, 1.807) is 0 Å². The van der Waals surface area contributed by atoms with Crippen molar-refractivity contribution in [1.29, 1.82) is 0 Å². The highest BCUT2D eigenvalue weighted by Crippen LogP contribution is 2.26. The lowest BCUT2D eigenvalue weighted by Gasteiger charge is -2.23. The topological polar surface area (TPSA) is 36.4 Å². The highest BCUT2D eigenvalue weighted by atomic mass is 15.2. The van der Waals surface area contributed by atoms with Crippen LogP contribution < -0.4 is 10.6 Å². The summed E-state index contributed by atoms with van der Waals surface area (Å²) in [6, 6.07) is 9.35. The molecule has 1 atom stereocenters. The van der Waals surface area contributed by atoms with E-state index in [-0.39, 0.29) is 5.41 Å². The van der Waals surface area contributed by atoms with Crippen LogP contribution in [0.1, 0.15) is 45.2 Å². The standard InChI is InChI=1S/C16H25N3/c1-5-16(3,4)14-8-6-13(7-9-14)11-18-15-17-10-12(2)19-15/h6-9,12H,5,10-11H2,1-4H3,(H2,17,18,19). The van der Waals surface area contributed by atoms with Crippen LogP contribution in [0.5, 0.6) is 0 Å². The molecule has 104 valence electrons. The van der Waals surface area contributed by atoms with Gasteiger partial charge in [0.1, 0.15) is 0 Å². The predicted molar refractivity (Wildman–Crippen MR) is 81.5 cm³/mol. The summed E-state index contributed by atoms with van der Waals surface area (Å²) in [6.07, 6.45) is 1.16. The smallest absolute Gasteiger partial charge is 0.191 e. The molecule has 0 aliphatic carbocycles. The second kappa shape index (κ2) is 5.64. The molecule has 1 aromatic rings. The Kier molecular flexibility index (Phi) is 4.13. The van der Waals surface area contributed by atoms with Gasteiger partial charge in [-0.05, 0) is 29.9 Å². The Morgan fingerprint density at radius 1 is 1.32 bits per heavy atom. The highest BCUT2D eigenvalue weighted by molar-refractivity contribution is 5.81. The van der Waals surface area contributed by atoms with Crippen molar-refractivity contribution in [3.63, 3.8) is 0 Å². The van der Waals surface area contributed by atoms with Gasteiger partial charge >= 0.3 is 0 Å². The largest absolute Gasteiger partial charge is 0.352 e. The third kappa shape index (κ3) is 3.49. The summed E-state index contributed by atoms with van der Waals surface area (Å²) >= 11 is 0. The second-order valence-electron chi connectivity index (χ2n) is 6.02. The van der Waals surface area contributed by atoms with Crippen LogP contribution in [0.2, 0.25) is 0 Å². The first-order chi connectivity index (χ1) is 9.01. The summed E-state index contributed by atoms with van der Waals surface area (Å²) in [5, 5.41) is 6.65. The monoisotopic (exact) mass is 259 g/mol. The number of rotatable bonds is 4. The Morgan fingerprint density at radius 2 is 2.00 bits per heavy atom. The van der Waals surface area contributed by atoms with E-state index < -0.39 is 0 Å². The number of hydrogen-bond acceptors (Lipinski definition) is 3. The fraction of sp³-hybridized carbons (Fsp3) is 0.562. The van der Waals surface area contributed by atoms with Crippen LogP contribution in [0.15, 0.2) is 29.3 Å². The first-order valence-electron chi connectivity index (χ1n) is 7.15. The van der Waals surface area contributed by atoms with Crippen LogP contribution in [-0.4, -0.2) is 18.5 Å². The van der Waals surface area contributed by atoms with E-state index in [2.05, 4.69) is 67.6 Å². The molecule has 1 aromatic carbocycles. The molecule has 0 saturated carbocycles. The van der Waals surface area contributed by atoms with Gasteiger partial charge in [0.05, 0.1) is 6.54 Å². The summed E-state index contributed by atoms with van der Waals surface area (Å²) in [7, 11) is 0. The molecule has 1 aliphatic rings. The highest BCUT2D eigenvalue weighted by Gasteiger charge is 2.17. The molecule has 2 rings (SSSR count). The summed E-state index contributed by atoms with van der Waals surface area (Å²) in [4.78, 5) is 4.40. The number of nitrogens with one attached hydrogen (secondary N) is 2. The third-order valence-electron chi connectivity index (χ3n) is 3.99. The minimum atomic E-state index is 0.262. The lowest BCUT2D eigenvalue weighted by Crippen LogP contribution is -2.37. The fourth-order valence-electron chi connectivity index (χ4n) is 2.12. The molecule has 0 spiro atoms. The third-order valence-corrected chi connectivity index (χ3v) is 3.99. The van der Waals surface area contributed by atoms with Gasteiger partial charge in [0.25, 0.3) is 0 Å². The minimum absolute atomic E-state index is 0.262. The Morgan fingerprint density at radius 3 is 2.53 bits per heavy atom. The molecule has 2 N–H and O–H groups in total. The number of benzene rings is 1. The summed E-state index contributed by atoms with van der Waals surface area (Å²) in [6.45, 7) is 10.6. The van der Waals surface area contributed by atoms with Crippen molar-refractivity contribution >= 4 is 5.96 Å². The first kappa shape index (κ1) is 13.9. The van der Waals surface area contributed by atoms with Crippen molar-refractivity contribution in [2.24, 2.45) is 4.99 Å². The van der Waals surface area contributed by atoms with E-state index >= 15 is 0 Å². The average molecular weight is 259 g/mol. The molecular weight excluding hydrogens is 234 g/mol. The van der Waals surface area contributed by atoms with Gasteiger partial charge in [-0.1, -0.05) is 45.0 Å². The number of guanidine groups is 1. The van der Waals surface area contributed by atoms with Crippen LogP contribution in [0.3, 0.4) is 0 Å². The molecule has 1 unspecified atom stereocenters. The molecule has 0 amide bonds. The van der Waals surface area contributed by atoms with Crippen LogP contribution in [0.4, 0.5) is 0 Å². The zero-order chi connectivity index (χ0) is 13.9. The maximum absolute atomic E-state index is 4.40. The molecule has 0 saturated heterocycles. The van der Waals surface area contributed by atoms with E-state index in [0.29, 0.717) is 6.04 Å². The lowest BCUT2D eigenvalue weighted by atomic mass is 9.82. The van der Waals surface area contributed by atoms with Crippen molar-refractivity contribution in [3.05, 3.63) is 35.4 Å². The molecule has 3 nitrogen and oxygen atoms in total. The van der Waals surface area contributed by atoms with Crippen LogP contribution in [0.25, 0.3) is 0 Å². The van der Waals surface area contributed by atoms with Gasteiger partial charge in [0.2, 0.25) is 0 Å². The minimum Gasteiger partial charge on any atom is -0.352 e. The predicted octanol–water partition coefficient (Wildman–Crippen LogP) is 2.81. The molecule has 0 fully saturated rings. The van der Waals surface area contributed by atoms with Crippen molar-refractivity contribution in [3.8, 4) is 0 Å². The SMILES string of the molecule is CCC(C)(C)c1ccc(CNC2=NCC(C)N2)cc1. The molecule has 0 bridgehead atoms. The Labute approximate surface area is 116 Å². The maximum atomic E-state index is 4.40. The van der Waals surface area contributed by atoms with Gasteiger partial charge in [-0.3, -0.25) is 4.99 Å². The second-order valence-corrected chi connectivity index (χ2v) is 6.02. The van der Waals surface area contributed by atoms with E-state index in [4.69, 9.17) is 0 Å². The number of hydrogen-bond donors (Lipinski definition) is 2. The zero-order valence-electron chi connectivity index (χ0n) is 12.5. The average Bonchev–Trinajstić information content (AvgIpc) is 2.83. The fourth-order valence-corrected chi connectivity index (χ4v) is 2.12. The molecule has 1 aliphatic heterocycles. The number of nitrogens with zero attached hydrogens (tertiary/aromatic N) is 1. The van der Waals surface area contributed by atoms with Crippen LogP contribution in [0, 0.1) is 0 Å². The zero-order valence-corrected chi connectivity index (χ0v) is 12.5. The molecule has 0 radical (unpaired) electrons. The Bertz CT molecular complexity index is 446. The van der Waals surface area contributed by atoms with Crippen LogP contribution >= 0.6 is 0 Å². The van der Waals surface area contributed by atoms with E-state index in [0.717, 1.165) is 25.5 Å². The summed E-state index contributed by atoms with van der Waals surface area (Å²) < 4.78 is 0. The van der Waals surface area contributed by atoms with Gasteiger partial charge < -0.3 is 10.6 Å². The first-order valence-corrected chi connectivity index (χ1v) is 7.15. The van der Waals surface area contributed by atoms with Crippen molar-refractivity contribution < 1.29 is 0 Å². The number of aliphatic imine (C=N–C) groups is 1. The summed E-state index contributed by atoms with van der Waals surface area (Å²) in [5.41, 5.74) is 2.96. The van der Waals surface area contributed by atoms with E-state index in [9.17, 15) is 0 Å². The Balaban J connectivity index is 1.92. The van der Waals surface area contributed by atoms with Crippen molar-refractivity contribution in [2.45, 2.75) is 52.1 Å². The van der Waals surface area contributed by atoms with Gasteiger partial charge in [0.15, 0.2) is 5.96 Å².